The van der Waals surface area contributed by atoms with Gasteiger partial charge in [-0.2, -0.15) is 0 Å². The zero-order chi connectivity index (χ0) is 15.2. The Hall–Kier alpha value is -1.68. The van der Waals surface area contributed by atoms with E-state index in [9.17, 15) is 4.79 Å². The summed E-state index contributed by atoms with van der Waals surface area (Å²) < 4.78 is 11.0. The molecule has 0 aliphatic carbocycles. The highest BCUT2D eigenvalue weighted by Gasteiger charge is 2.09. The maximum absolute atomic E-state index is 10.3. The van der Waals surface area contributed by atoms with Crippen LogP contribution in [0.5, 0.6) is 17.2 Å². The second kappa shape index (κ2) is 7.36. The van der Waals surface area contributed by atoms with Crippen molar-refractivity contribution in [3.8, 4) is 17.2 Å². The van der Waals surface area contributed by atoms with Crippen LogP contribution in [0.2, 0.25) is 15.1 Å². The summed E-state index contributed by atoms with van der Waals surface area (Å²) in [5.74, 6) is 1.18. The fourth-order valence-electron chi connectivity index (χ4n) is 1.48. The molecular weight excluding hydrogens is 335 g/mol. The Morgan fingerprint density at radius 2 is 1.52 bits per heavy atom. The minimum atomic E-state index is 0.353. The summed E-state index contributed by atoms with van der Waals surface area (Å²) in [5.41, 5.74) is 0. The van der Waals surface area contributed by atoms with Gasteiger partial charge in [0.2, 0.25) is 0 Å². The molecule has 0 heterocycles. The number of allylic oxidation sites excluding steroid dienone is 1. The summed E-state index contributed by atoms with van der Waals surface area (Å²) in [5, 5.41) is 1.35. The van der Waals surface area contributed by atoms with Crippen LogP contribution in [0.4, 0.5) is 0 Å². The van der Waals surface area contributed by atoms with Crippen LogP contribution >= 0.6 is 34.8 Å². The van der Waals surface area contributed by atoms with Crippen LogP contribution in [-0.4, -0.2) is 6.29 Å². The topological polar surface area (TPSA) is 35.5 Å². The molecule has 0 aliphatic heterocycles. The highest BCUT2D eigenvalue weighted by atomic mass is 35.5. The van der Waals surface area contributed by atoms with Gasteiger partial charge in [-0.15, -0.1) is 0 Å². The third kappa shape index (κ3) is 4.39. The van der Waals surface area contributed by atoms with Crippen LogP contribution in [0.1, 0.15) is 0 Å². The number of halogens is 3. The second-order valence-electron chi connectivity index (χ2n) is 3.85. The largest absolute Gasteiger partial charge is 0.461 e. The molecule has 0 atom stereocenters. The summed E-state index contributed by atoms with van der Waals surface area (Å²) in [4.78, 5) is 10.3. The number of carbonyl (C=O) groups excluding carboxylic acids is 1. The molecule has 0 amide bonds. The molecule has 2 rings (SSSR count). The van der Waals surface area contributed by atoms with Crippen molar-refractivity contribution in [3.05, 3.63) is 63.8 Å². The predicted molar refractivity (Wildman–Crippen MR) is 83.8 cm³/mol. The van der Waals surface area contributed by atoms with Crippen LogP contribution in [0, 0.1) is 0 Å². The predicted octanol–water partition coefficient (Wildman–Crippen LogP) is 5.53. The summed E-state index contributed by atoms with van der Waals surface area (Å²) in [6.45, 7) is 0. The van der Waals surface area contributed by atoms with E-state index in [2.05, 4.69) is 0 Å². The van der Waals surface area contributed by atoms with Crippen LogP contribution in [0.15, 0.2) is 48.7 Å². The first kappa shape index (κ1) is 15.7. The molecule has 0 saturated heterocycles. The molecule has 0 spiro atoms. The maximum Gasteiger partial charge on any atom is 0.170 e. The molecule has 0 saturated carbocycles. The van der Waals surface area contributed by atoms with E-state index in [1.165, 1.54) is 12.3 Å². The van der Waals surface area contributed by atoms with Crippen molar-refractivity contribution in [1.82, 2.24) is 0 Å². The Bertz CT molecular complexity index is 684. The van der Waals surface area contributed by atoms with Crippen molar-refractivity contribution in [2.75, 3.05) is 0 Å². The van der Waals surface area contributed by atoms with Crippen molar-refractivity contribution in [1.29, 1.82) is 0 Å². The molecule has 108 valence electrons. The fraction of sp³-hybridized carbons (Fsp3) is 0. The van der Waals surface area contributed by atoms with E-state index < -0.39 is 0 Å². The summed E-state index contributed by atoms with van der Waals surface area (Å²) in [7, 11) is 0. The van der Waals surface area contributed by atoms with Gasteiger partial charge in [-0.3, -0.25) is 4.79 Å². The minimum Gasteiger partial charge on any atom is -0.461 e. The lowest BCUT2D eigenvalue weighted by Crippen LogP contribution is -1.90. The Balaban J connectivity index is 2.30. The molecule has 0 N–H and O–H groups in total. The lowest BCUT2D eigenvalue weighted by Gasteiger charge is -2.11. The Morgan fingerprint density at radius 1 is 0.857 bits per heavy atom. The van der Waals surface area contributed by atoms with Gasteiger partial charge in [-0.1, -0.05) is 34.8 Å². The normalized spacial score (nSPS) is 10.6. The van der Waals surface area contributed by atoms with Gasteiger partial charge in [0.1, 0.15) is 12.0 Å². The Labute approximate surface area is 136 Å². The zero-order valence-corrected chi connectivity index (χ0v) is 12.8. The van der Waals surface area contributed by atoms with E-state index in [-0.39, 0.29) is 0 Å². The summed E-state index contributed by atoms with van der Waals surface area (Å²) in [6.07, 6.45) is 3.04. The average Bonchev–Trinajstić information content (AvgIpc) is 2.44. The number of rotatable bonds is 5. The minimum absolute atomic E-state index is 0.353. The lowest BCUT2D eigenvalue weighted by atomic mass is 10.3. The van der Waals surface area contributed by atoms with Crippen molar-refractivity contribution in [2.24, 2.45) is 0 Å². The number of carbonyl (C=O) groups is 1. The first-order chi connectivity index (χ1) is 10.1. The zero-order valence-electron chi connectivity index (χ0n) is 10.6. The lowest BCUT2D eigenvalue weighted by molar-refractivity contribution is -0.104. The van der Waals surface area contributed by atoms with Gasteiger partial charge in [0.25, 0.3) is 0 Å². The molecule has 0 radical (unpaired) electrons. The maximum atomic E-state index is 10.3. The smallest absolute Gasteiger partial charge is 0.170 e. The van der Waals surface area contributed by atoms with Gasteiger partial charge in [0.05, 0.1) is 11.3 Å². The highest BCUT2D eigenvalue weighted by molar-refractivity contribution is 6.35. The average molecular weight is 344 g/mol. The third-order valence-corrected chi connectivity index (χ3v) is 3.14. The summed E-state index contributed by atoms with van der Waals surface area (Å²) >= 11 is 17.8. The van der Waals surface area contributed by atoms with Crippen molar-refractivity contribution < 1.29 is 14.3 Å². The Kier molecular flexibility index (Phi) is 5.51. The molecule has 3 nitrogen and oxygen atoms in total. The van der Waals surface area contributed by atoms with Crippen LogP contribution in [-0.2, 0) is 4.79 Å². The highest BCUT2D eigenvalue weighted by Crippen LogP contribution is 2.37. The van der Waals surface area contributed by atoms with Gasteiger partial charge in [0.15, 0.2) is 11.5 Å². The van der Waals surface area contributed by atoms with E-state index >= 15 is 0 Å². The van der Waals surface area contributed by atoms with E-state index in [4.69, 9.17) is 44.3 Å². The molecule has 0 unspecified atom stereocenters. The SMILES string of the molecule is O=C/C=C/Oc1cc(Cl)ccc1Oc1ccc(Cl)cc1Cl. The fourth-order valence-corrected chi connectivity index (χ4v) is 2.09. The van der Waals surface area contributed by atoms with E-state index in [0.717, 1.165) is 0 Å². The van der Waals surface area contributed by atoms with Gasteiger partial charge >= 0.3 is 0 Å². The second-order valence-corrected chi connectivity index (χ2v) is 5.13. The number of benzene rings is 2. The van der Waals surface area contributed by atoms with Crippen LogP contribution in [0.25, 0.3) is 0 Å². The quantitative estimate of drug-likeness (QED) is 0.407. The monoisotopic (exact) mass is 342 g/mol. The van der Waals surface area contributed by atoms with Gasteiger partial charge in [0, 0.05) is 22.2 Å². The molecule has 21 heavy (non-hydrogen) atoms. The van der Waals surface area contributed by atoms with Crippen LogP contribution in [0.3, 0.4) is 0 Å². The van der Waals surface area contributed by atoms with Crippen molar-refractivity contribution in [3.63, 3.8) is 0 Å². The number of ether oxygens (including phenoxy) is 2. The molecule has 0 bridgehead atoms. The van der Waals surface area contributed by atoms with E-state index in [0.29, 0.717) is 38.6 Å². The first-order valence-corrected chi connectivity index (χ1v) is 6.93. The van der Waals surface area contributed by atoms with E-state index in [1.54, 1.807) is 36.4 Å². The molecule has 0 aromatic heterocycles. The number of hydrogen-bond donors (Lipinski definition) is 0. The first-order valence-electron chi connectivity index (χ1n) is 5.79. The molecule has 0 fully saturated rings. The van der Waals surface area contributed by atoms with Gasteiger partial charge in [-0.05, 0) is 30.3 Å². The molecular formula is C15H9Cl3O3. The molecule has 6 heteroatoms. The third-order valence-electron chi connectivity index (χ3n) is 2.37. The molecule has 2 aromatic carbocycles. The van der Waals surface area contributed by atoms with E-state index in [1.807, 2.05) is 0 Å². The van der Waals surface area contributed by atoms with Gasteiger partial charge in [-0.25, -0.2) is 0 Å². The van der Waals surface area contributed by atoms with Crippen molar-refractivity contribution in [2.45, 2.75) is 0 Å². The molecule has 0 aliphatic rings. The number of hydrogen-bond acceptors (Lipinski definition) is 3. The molecule has 2 aromatic rings. The summed E-state index contributed by atoms with van der Waals surface area (Å²) in [6, 6.07) is 9.72. The number of aldehydes is 1. The van der Waals surface area contributed by atoms with Crippen molar-refractivity contribution >= 4 is 41.1 Å². The standard InChI is InChI=1S/C15H9Cl3O3/c16-10-2-4-13(12(18)8-10)21-14-5-3-11(17)9-15(14)20-7-1-6-19/h1-9H/b7-1+. The van der Waals surface area contributed by atoms with Gasteiger partial charge < -0.3 is 9.47 Å². The Morgan fingerprint density at radius 3 is 2.19 bits per heavy atom. The van der Waals surface area contributed by atoms with Crippen LogP contribution < -0.4 is 9.47 Å².